The van der Waals surface area contributed by atoms with Crippen LogP contribution in [0.1, 0.15) is 0 Å². The summed E-state index contributed by atoms with van der Waals surface area (Å²) in [4.78, 5) is 43.6. The molecule has 0 heterocycles. The van der Waals surface area contributed by atoms with E-state index in [2.05, 4.69) is 4.84 Å². The first-order valence-electron chi connectivity index (χ1n) is 5.35. The third kappa shape index (κ3) is 13.5. The summed E-state index contributed by atoms with van der Waals surface area (Å²) >= 11 is 0. The molecule has 0 aliphatic rings. The number of carboxylic acids is 2. The van der Waals surface area contributed by atoms with Gasteiger partial charge in [0.2, 0.25) is 12.8 Å². The Hall–Kier alpha value is -2.96. The van der Waals surface area contributed by atoms with Gasteiger partial charge in [0.15, 0.2) is 0 Å². The summed E-state index contributed by atoms with van der Waals surface area (Å²) in [5, 5.41) is 25.0. The Morgan fingerprint density at radius 3 is 2.00 bits per heavy atom. The van der Waals surface area contributed by atoms with Crippen molar-refractivity contribution in [3.05, 3.63) is 24.6 Å². The summed E-state index contributed by atoms with van der Waals surface area (Å²) in [6.45, 7) is 0. The normalized spacial score (nSPS) is 12.7. The first kappa shape index (κ1) is 21.3. The second-order valence-corrected chi connectivity index (χ2v) is 3.24. The van der Waals surface area contributed by atoms with Crippen LogP contribution in [0.3, 0.4) is 0 Å². The number of carbonyl (C=O) groups excluding carboxylic acids is 2. The van der Waals surface area contributed by atoms with Crippen LogP contribution >= 0.6 is 0 Å². The topological polar surface area (TPSA) is 206 Å². The van der Waals surface area contributed by atoms with Gasteiger partial charge in [0.05, 0.1) is 0 Å². The lowest BCUT2D eigenvalue weighted by Gasteiger charge is -2.01. The van der Waals surface area contributed by atoms with Crippen molar-refractivity contribution in [1.82, 2.24) is 10.5 Å². The molecular weight excluding hydrogens is 304 g/mol. The zero-order valence-corrected chi connectivity index (χ0v) is 11.1. The Bertz CT molecular complexity index is 425. The maximum atomic E-state index is 10.0. The molecule has 12 heteroatoms. The number of hydrogen-bond acceptors (Lipinski definition) is 8. The van der Waals surface area contributed by atoms with E-state index in [0.717, 1.165) is 24.6 Å². The number of rotatable bonds is 9. The van der Waals surface area contributed by atoms with Crippen LogP contribution in [0.4, 0.5) is 0 Å². The minimum atomic E-state index is -1.24. The molecule has 0 saturated carbocycles. The third-order valence-electron chi connectivity index (χ3n) is 1.59. The zero-order chi connectivity index (χ0) is 17.5. The number of hydroxylamine groups is 3. The van der Waals surface area contributed by atoms with Crippen LogP contribution < -0.4 is 16.9 Å². The lowest BCUT2D eigenvalue weighted by atomic mass is 10.3. The van der Waals surface area contributed by atoms with Gasteiger partial charge in [-0.3, -0.25) is 24.4 Å². The number of nitrogens with zero attached hydrogens (tertiary/aromatic N) is 1. The average Bonchev–Trinajstić information content (AvgIpc) is 2.48. The number of aliphatic carboxylic acids is 2. The lowest BCUT2D eigenvalue weighted by molar-refractivity contribution is -0.140. The molecule has 22 heavy (non-hydrogen) atoms. The highest BCUT2D eigenvalue weighted by atomic mass is 16.6. The number of nitrogens with two attached hydrogens (primary N) is 2. The Balaban J connectivity index is 0. The van der Waals surface area contributed by atoms with Gasteiger partial charge in [-0.05, 0) is 12.2 Å². The van der Waals surface area contributed by atoms with E-state index in [9.17, 15) is 19.2 Å². The first-order chi connectivity index (χ1) is 10.3. The van der Waals surface area contributed by atoms with Crippen LogP contribution in [0.15, 0.2) is 24.6 Å². The smallest absolute Gasteiger partial charge is 0.324 e. The number of nitrogens with one attached hydrogen (secondary N) is 1. The molecule has 0 aromatic carbocycles. The largest absolute Gasteiger partial charge is 0.480 e. The molecule has 0 spiro atoms. The fourth-order valence-corrected chi connectivity index (χ4v) is 0.572. The maximum absolute atomic E-state index is 10.0. The second kappa shape index (κ2) is 13.0. The van der Waals surface area contributed by atoms with Gasteiger partial charge in [-0.25, -0.2) is 5.06 Å². The standard InChI is InChI=1S/2C5H8N2O4/c6-4(5(9)10)1-2-11-7-3-8;6-4(5(9)10)1-2-7(11)3-8/h1-4H,6H2,(H,7,8)(H,9,10);1-4,11H,6H2,(H,9,10)/b2*2-1+. The van der Waals surface area contributed by atoms with Gasteiger partial charge in [-0.15, -0.1) is 0 Å². The number of carboxylic acid groups (broad SMARTS) is 2. The Kier molecular flexibility index (Phi) is 12.7. The lowest BCUT2D eigenvalue weighted by Crippen LogP contribution is -2.28. The molecule has 0 rings (SSSR count). The molecule has 0 aliphatic heterocycles. The molecule has 124 valence electrons. The summed E-state index contributed by atoms with van der Waals surface area (Å²) < 4.78 is 0. The van der Waals surface area contributed by atoms with Crippen molar-refractivity contribution in [2.24, 2.45) is 11.5 Å². The van der Waals surface area contributed by atoms with E-state index in [4.69, 9.17) is 26.9 Å². The third-order valence-corrected chi connectivity index (χ3v) is 1.59. The van der Waals surface area contributed by atoms with E-state index in [1.165, 1.54) is 0 Å². The Morgan fingerprint density at radius 1 is 1.09 bits per heavy atom. The van der Waals surface area contributed by atoms with Crippen molar-refractivity contribution in [3.63, 3.8) is 0 Å². The quantitative estimate of drug-likeness (QED) is 0.0854. The van der Waals surface area contributed by atoms with Crippen molar-refractivity contribution in [1.29, 1.82) is 0 Å². The first-order valence-corrected chi connectivity index (χ1v) is 5.35. The predicted molar refractivity (Wildman–Crippen MR) is 69.5 cm³/mol. The van der Waals surface area contributed by atoms with Gasteiger partial charge >= 0.3 is 11.9 Å². The highest BCUT2D eigenvalue weighted by Gasteiger charge is 2.06. The highest BCUT2D eigenvalue weighted by Crippen LogP contribution is 1.84. The molecule has 2 atom stereocenters. The SMILES string of the molecule is NC(/C=C/N(O)C=O)C(=O)O.NC(/C=C/ONC=O)C(=O)O. The Morgan fingerprint density at radius 2 is 1.59 bits per heavy atom. The van der Waals surface area contributed by atoms with Crippen LogP contribution in [0.25, 0.3) is 0 Å². The van der Waals surface area contributed by atoms with Gasteiger partial charge in [-0.2, -0.15) is 5.48 Å². The number of hydrogen-bond donors (Lipinski definition) is 6. The molecule has 0 radical (unpaired) electrons. The van der Waals surface area contributed by atoms with Crippen LogP contribution in [0, 0.1) is 0 Å². The molecule has 2 unspecified atom stereocenters. The summed E-state index contributed by atoms with van der Waals surface area (Å²) in [5.74, 6) is -2.41. The molecule has 12 nitrogen and oxygen atoms in total. The molecular formula is C10H16N4O8. The summed E-state index contributed by atoms with van der Waals surface area (Å²) in [6.07, 6.45) is 4.29. The zero-order valence-electron chi connectivity index (χ0n) is 11.1. The molecule has 2 amide bonds. The van der Waals surface area contributed by atoms with Gasteiger partial charge in [0.25, 0.3) is 0 Å². The van der Waals surface area contributed by atoms with Crippen molar-refractivity contribution in [2.45, 2.75) is 12.1 Å². The van der Waals surface area contributed by atoms with Crippen LogP contribution in [0.2, 0.25) is 0 Å². The number of carbonyl (C=O) groups is 4. The van der Waals surface area contributed by atoms with Gasteiger partial charge in [0.1, 0.15) is 18.3 Å². The van der Waals surface area contributed by atoms with E-state index in [-0.39, 0.29) is 11.5 Å². The van der Waals surface area contributed by atoms with Crippen LogP contribution in [-0.4, -0.2) is 57.3 Å². The van der Waals surface area contributed by atoms with E-state index in [0.29, 0.717) is 6.41 Å². The molecule has 0 aromatic heterocycles. The maximum Gasteiger partial charge on any atom is 0.324 e. The molecule has 0 bridgehead atoms. The van der Waals surface area contributed by atoms with Gasteiger partial charge in [0, 0.05) is 6.20 Å². The van der Waals surface area contributed by atoms with Crippen molar-refractivity contribution in [3.8, 4) is 0 Å². The average molecular weight is 320 g/mol. The molecule has 0 fully saturated rings. The van der Waals surface area contributed by atoms with Crippen LogP contribution in [0.5, 0.6) is 0 Å². The van der Waals surface area contributed by atoms with E-state index in [1.54, 1.807) is 0 Å². The second-order valence-electron chi connectivity index (χ2n) is 3.24. The summed E-state index contributed by atoms with van der Waals surface area (Å²) in [6, 6.07) is -2.34. The fraction of sp³-hybridized carbons (Fsp3) is 0.200. The highest BCUT2D eigenvalue weighted by molar-refractivity contribution is 5.75. The minimum absolute atomic E-state index is 0.102. The van der Waals surface area contributed by atoms with Crippen molar-refractivity contribution < 1.29 is 39.4 Å². The van der Waals surface area contributed by atoms with E-state index >= 15 is 0 Å². The molecule has 0 aromatic rings. The summed E-state index contributed by atoms with van der Waals surface area (Å²) in [5.41, 5.74) is 11.8. The van der Waals surface area contributed by atoms with E-state index < -0.39 is 24.0 Å². The van der Waals surface area contributed by atoms with Crippen LogP contribution in [-0.2, 0) is 24.0 Å². The van der Waals surface area contributed by atoms with E-state index in [1.807, 2.05) is 5.48 Å². The summed E-state index contributed by atoms with van der Waals surface area (Å²) in [7, 11) is 0. The number of amides is 2. The fourth-order valence-electron chi connectivity index (χ4n) is 0.572. The van der Waals surface area contributed by atoms with Crippen molar-refractivity contribution >= 4 is 24.8 Å². The molecule has 0 aliphatic carbocycles. The van der Waals surface area contributed by atoms with Gasteiger partial charge in [-0.1, -0.05) is 0 Å². The molecule has 0 saturated heterocycles. The predicted octanol–water partition coefficient (Wildman–Crippen LogP) is -2.65. The monoisotopic (exact) mass is 320 g/mol. The molecule has 8 N–H and O–H groups in total. The Labute approximate surface area is 124 Å². The van der Waals surface area contributed by atoms with Crippen molar-refractivity contribution in [2.75, 3.05) is 0 Å². The minimum Gasteiger partial charge on any atom is -0.480 e. The van der Waals surface area contributed by atoms with Gasteiger partial charge < -0.3 is 26.5 Å².